The second kappa shape index (κ2) is 6.16. The number of hydrogen-bond donors (Lipinski definition) is 2. The van der Waals surface area contributed by atoms with Crippen molar-refractivity contribution >= 4 is 0 Å². The molecule has 2 N–H and O–H groups in total. The Morgan fingerprint density at radius 2 is 2.00 bits per heavy atom. The standard InChI is InChI=1S/C14H25N3O/c1-11-6-7-13(18)12(16-11)8-15-9-14(2,3)10-17(4)5/h6-7,15,18H,8-10H2,1-5H3. The number of pyridine rings is 1. The van der Waals surface area contributed by atoms with E-state index in [-0.39, 0.29) is 11.2 Å². The lowest BCUT2D eigenvalue weighted by Gasteiger charge is -2.28. The van der Waals surface area contributed by atoms with Crippen LogP contribution in [0.3, 0.4) is 0 Å². The molecule has 0 saturated carbocycles. The first-order valence-corrected chi connectivity index (χ1v) is 6.31. The fourth-order valence-corrected chi connectivity index (χ4v) is 2.16. The molecule has 1 aromatic heterocycles. The van der Waals surface area contributed by atoms with Crippen LogP contribution >= 0.6 is 0 Å². The van der Waals surface area contributed by atoms with Gasteiger partial charge in [0.25, 0.3) is 0 Å². The summed E-state index contributed by atoms with van der Waals surface area (Å²) in [6.45, 7) is 8.89. The fraction of sp³-hybridized carbons (Fsp3) is 0.643. The maximum absolute atomic E-state index is 9.70. The molecule has 0 fully saturated rings. The maximum Gasteiger partial charge on any atom is 0.138 e. The van der Waals surface area contributed by atoms with Crippen LogP contribution < -0.4 is 5.32 Å². The van der Waals surface area contributed by atoms with Crippen molar-refractivity contribution in [2.75, 3.05) is 27.2 Å². The van der Waals surface area contributed by atoms with Gasteiger partial charge in [-0.15, -0.1) is 0 Å². The van der Waals surface area contributed by atoms with Crippen molar-refractivity contribution in [3.8, 4) is 5.75 Å². The van der Waals surface area contributed by atoms with Crippen LogP contribution in [0.4, 0.5) is 0 Å². The lowest BCUT2D eigenvalue weighted by atomic mass is 9.93. The largest absolute Gasteiger partial charge is 0.506 e. The van der Waals surface area contributed by atoms with E-state index in [2.05, 4.69) is 43.1 Å². The molecule has 0 atom stereocenters. The highest BCUT2D eigenvalue weighted by Crippen LogP contribution is 2.17. The van der Waals surface area contributed by atoms with Crippen molar-refractivity contribution < 1.29 is 5.11 Å². The third-order valence-corrected chi connectivity index (χ3v) is 2.73. The Hall–Kier alpha value is -1.13. The van der Waals surface area contributed by atoms with E-state index >= 15 is 0 Å². The molecule has 0 aliphatic heterocycles. The van der Waals surface area contributed by atoms with Gasteiger partial charge in [0.1, 0.15) is 5.75 Å². The third-order valence-electron chi connectivity index (χ3n) is 2.73. The summed E-state index contributed by atoms with van der Waals surface area (Å²) in [6.07, 6.45) is 0. The normalized spacial score (nSPS) is 12.1. The van der Waals surface area contributed by atoms with E-state index in [0.717, 1.165) is 24.5 Å². The minimum absolute atomic E-state index is 0.197. The molecule has 102 valence electrons. The zero-order valence-corrected chi connectivity index (χ0v) is 12.1. The molecule has 0 saturated heterocycles. The highest BCUT2D eigenvalue weighted by Gasteiger charge is 2.18. The minimum atomic E-state index is 0.197. The number of hydrogen-bond acceptors (Lipinski definition) is 4. The molecule has 18 heavy (non-hydrogen) atoms. The number of aromatic nitrogens is 1. The zero-order chi connectivity index (χ0) is 13.8. The van der Waals surface area contributed by atoms with E-state index in [0.29, 0.717) is 6.54 Å². The van der Waals surface area contributed by atoms with Gasteiger partial charge < -0.3 is 15.3 Å². The van der Waals surface area contributed by atoms with Crippen LogP contribution in [-0.4, -0.2) is 42.2 Å². The first kappa shape index (κ1) is 14.9. The molecule has 1 rings (SSSR count). The predicted molar refractivity (Wildman–Crippen MR) is 74.7 cm³/mol. The smallest absolute Gasteiger partial charge is 0.138 e. The van der Waals surface area contributed by atoms with Crippen LogP contribution in [0.15, 0.2) is 12.1 Å². The molecular formula is C14H25N3O. The summed E-state index contributed by atoms with van der Waals surface area (Å²) in [6, 6.07) is 3.51. The lowest BCUT2D eigenvalue weighted by Crippen LogP contribution is -2.37. The summed E-state index contributed by atoms with van der Waals surface area (Å²) >= 11 is 0. The van der Waals surface area contributed by atoms with E-state index in [1.165, 1.54) is 0 Å². The van der Waals surface area contributed by atoms with Gasteiger partial charge in [-0.25, -0.2) is 0 Å². The van der Waals surface area contributed by atoms with Crippen molar-refractivity contribution in [2.45, 2.75) is 27.3 Å². The molecule has 1 heterocycles. The Balaban J connectivity index is 2.48. The molecule has 0 aliphatic rings. The minimum Gasteiger partial charge on any atom is -0.506 e. The van der Waals surface area contributed by atoms with Gasteiger partial charge in [0.15, 0.2) is 0 Å². The van der Waals surface area contributed by atoms with Gasteiger partial charge in [-0.3, -0.25) is 4.98 Å². The van der Waals surface area contributed by atoms with Crippen LogP contribution in [0.25, 0.3) is 0 Å². The molecular weight excluding hydrogens is 226 g/mol. The van der Waals surface area contributed by atoms with Crippen LogP contribution in [0.5, 0.6) is 5.75 Å². The molecule has 1 aromatic rings. The SMILES string of the molecule is Cc1ccc(O)c(CNCC(C)(C)CN(C)C)n1. The van der Waals surface area contributed by atoms with Crippen LogP contribution in [-0.2, 0) is 6.54 Å². The molecule has 0 radical (unpaired) electrons. The Bertz CT molecular complexity index is 389. The Labute approximate surface area is 110 Å². The number of nitrogens with one attached hydrogen (secondary N) is 1. The summed E-state index contributed by atoms with van der Waals surface area (Å²) in [5.74, 6) is 0.263. The van der Waals surface area contributed by atoms with Gasteiger partial charge in [0, 0.05) is 25.3 Å². The average Bonchev–Trinajstić information content (AvgIpc) is 2.21. The highest BCUT2D eigenvalue weighted by atomic mass is 16.3. The molecule has 0 aromatic carbocycles. The van der Waals surface area contributed by atoms with Crippen molar-refractivity contribution in [3.05, 3.63) is 23.5 Å². The van der Waals surface area contributed by atoms with E-state index in [1.54, 1.807) is 6.07 Å². The predicted octanol–water partition coefficient (Wildman–Crippen LogP) is 1.77. The quantitative estimate of drug-likeness (QED) is 0.809. The fourth-order valence-electron chi connectivity index (χ4n) is 2.16. The molecule has 0 bridgehead atoms. The molecule has 4 heteroatoms. The Morgan fingerprint density at radius 3 is 2.61 bits per heavy atom. The summed E-state index contributed by atoms with van der Waals surface area (Å²) < 4.78 is 0. The van der Waals surface area contributed by atoms with Gasteiger partial charge in [0.2, 0.25) is 0 Å². The molecule has 0 spiro atoms. The van der Waals surface area contributed by atoms with Gasteiger partial charge in [-0.2, -0.15) is 0 Å². The van der Waals surface area contributed by atoms with E-state index in [1.807, 2.05) is 13.0 Å². The number of aryl methyl sites for hydroxylation is 1. The number of nitrogens with zero attached hydrogens (tertiary/aromatic N) is 2. The summed E-state index contributed by atoms with van der Waals surface area (Å²) in [7, 11) is 4.16. The van der Waals surface area contributed by atoms with Gasteiger partial charge in [-0.05, 0) is 38.6 Å². The van der Waals surface area contributed by atoms with Gasteiger partial charge in [-0.1, -0.05) is 13.8 Å². The topological polar surface area (TPSA) is 48.4 Å². The van der Waals surface area contributed by atoms with Crippen LogP contribution in [0, 0.1) is 12.3 Å². The Kier molecular flexibility index (Phi) is 5.11. The van der Waals surface area contributed by atoms with E-state index < -0.39 is 0 Å². The Morgan fingerprint density at radius 1 is 1.33 bits per heavy atom. The molecule has 0 amide bonds. The third kappa shape index (κ3) is 5.02. The van der Waals surface area contributed by atoms with Crippen molar-refractivity contribution in [1.82, 2.24) is 15.2 Å². The lowest BCUT2D eigenvalue weighted by molar-refractivity contribution is 0.231. The summed E-state index contributed by atoms with van der Waals surface area (Å²) in [5.41, 5.74) is 1.84. The molecule has 0 unspecified atom stereocenters. The number of rotatable bonds is 6. The van der Waals surface area contributed by atoms with Crippen molar-refractivity contribution in [2.24, 2.45) is 5.41 Å². The van der Waals surface area contributed by atoms with E-state index in [9.17, 15) is 5.11 Å². The monoisotopic (exact) mass is 251 g/mol. The highest BCUT2D eigenvalue weighted by molar-refractivity contribution is 5.27. The van der Waals surface area contributed by atoms with Crippen molar-refractivity contribution in [3.63, 3.8) is 0 Å². The second-order valence-corrected chi connectivity index (χ2v) is 5.92. The van der Waals surface area contributed by atoms with Gasteiger partial charge >= 0.3 is 0 Å². The van der Waals surface area contributed by atoms with Crippen molar-refractivity contribution in [1.29, 1.82) is 0 Å². The maximum atomic E-state index is 9.70. The average molecular weight is 251 g/mol. The van der Waals surface area contributed by atoms with Crippen LogP contribution in [0.2, 0.25) is 0 Å². The zero-order valence-electron chi connectivity index (χ0n) is 12.1. The first-order valence-electron chi connectivity index (χ1n) is 6.31. The van der Waals surface area contributed by atoms with E-state index in [4.69, 9.17) is 0 Å². The summed E-state index contributed by atoms with van der Waals surface area (Å²) in [5, 5.41) is 13.1. The second-order valence-electron chi connectivity index (χ2n) is 5.92. The number of aromatic hydroxyl groups is 1. The van der Waals surface area contributed by atoms with Gasteiger partial charge in [0.05, 0.1) is 5.69 Å². The van der Waals surface area contributed by atoms with Crippen LogP contribution in [0.1, 0.15) is 25.2 Å². The summed E-state index contributed by atoms with van der Waals surface area (Å²) in [4.78, 5) is 6.51. The first-order chi connectivity index (χ1) is 8.30. The molecule has 4 nitrogen and oxygen atoms in total. The molecule has 0 aliphatic carbocycles.